The third-order valence-corrected chi connectivity index (χ3v) is 9.31. The molecule has 2 fully saturated rings. The number of carbonyl (C=O) groups is 3. The number of hydrogen-bond acceptors (Lipinski definition) is 10. The minimum atomic E-state index is -1.17. The van der Waals surface area contributed by atoms with Crippen LogP contribution in [0.5, 0.6) is 0 Å². The fraction of sp³-hybridized carbons (Fsp3) is 0.484. The number of aliphatic imine (C=N–C) groups is 1. The highest BCUT2D eigenvalue weighted by molar-refractivity contribution is 7.11. The summed E-state index contributed by atoms with van der Waals surface area (Å²) in [6.07, 6.45) is 1.70. The first-order chi connectivity index (χ1) is 21.4. The number of thiazole rings is 1. The van der Waals surface area contributed by atoms with Gasteiger partial charge in [-0.2, -0.15) is 5.26 Å². The summed E-state index contributed by atoms with van der Waals surface area (Å²) in [5.74, 6) is -1.58. The number of benzene rings is 1. The summed E-state index contributed by atoms with van der Waals surface area (Å²) in [5, 5.41) is 25.2. The topological polar surface area (TPSA) is 151 Å². The summed E-state index contributed by atoms with van der Waals surface area (Å²) in [5.41, 5.74) is -0.397. The lowest BCUT2D eigenvalue weighted by Gasteiger charge is -2.45. The van der Waals surface area contributed by atoms with Crippen molar-refractivity contribution < 1.29 is 28.6 Å². The first-order valence-electron chi connectivity index (χ1n) is 14.7. The van der Waals surface area contributed by atoms with E-state index in [9.17, 15) is 29.1 Å². The van der Waals surface area contributed by atoms with E-state index in [1.807, 2.05) is 5.38 Å². The van der Waals surface area contributed by atoms with Crippen molar-refractivity contribution >= 4 is 35.1 Å². The van der Waals surface area contributed by atoms with Crippen LogP contribution in [0.15, 0.2) is 46.0 Å². The summed E-state index contributed by atoms with van der Waals surface area (Å²) in [4.78, 5) is 53.4. The maximum absolute atomic E-state index is 14.8. The largest absolute Gasteiger partial charge is 0.481 e. The molecule has 14 heteroatoms. The molecule has 12 nitrogen and oxygen atoms in total. The van der Waals surface area contributed by atoms with Crippen LogP contribution in [0.1, 0.15) is 49.4 Å². The maximum Gasteiger partial charge on any atom is 0.338 e. The van der Waals surface area contributed by atoms with Crippen molar-refractivity contribution in [1.29, 1.82) is 5.26 Å². The van der Waals surface area contributed by atoms with Crippen LogP contribution in [-0.2, 0) is 14.3 Å². The Morgan fingerprint density at radius 2 is 2.09 bits per heavy atom. The fourth-order valence-electron chi connectivity index (χ4n) is 6.23. The lowest BCUT2D eigenvalue weighted by molar-refractivity contribution is -0.147. The zero-order valence-corrected chi connectivity index (χ0v) is 26.5. The number of carbonyl (C=O) groups excluding carboxylic acids is 2. The molecule has 238 valence electrons. The Kier molecular flexibility index (Phi) is 8.95. The Bertz CT molecular complexity index is 1600. The Hall–Kier alpha value is -4.35. The zero-order chi connectivity index (χ0) is 32.5. The number of nitrogens with one attached hydrogen (secondary N) is 1. The Labute approximate surface area is 264 Å². The second-order valence-electron chi connectivity index (χ2n) is 12.2. The van der Waals surface area contributed by atoms with Crippen molar-refractivity contribution in [1.82, 2.24) is 25.0 Å². The zero-order valence-electron chi connectivity index (χ0n) is 25.7. The lowest BCUT2D eigenvalue weighted by Crippen LogP contribution is -2.61. The van der Waals surface area contributed by atoms with Crippen LogP contribution in [0, 0.1) is 29.5 Å². The normalized spacial score (nSPS) is 22.1. The fourth-order valence-corrected chi connectivity index (χ4v) is 6.82. The second-order valence-corrected chi connectivity index (χ2v) is 13.1. The van der Waals surface area contributed by atoms with E-state index in [1.54, 1.807) is 50.9 Å². The summed E-state index contributed by atoms with van der Waals surface area (Å²) in [7, 11) is 0. The number of hydrogen-bond donors (Lipinski definition) is 2. The highest BCUT2D eigenvalue weighted by Crippen LogP contribution is 2.38. The van der Waals surface area contributed by atoms with E-state index in [1.165, 1.54) is 22.3 Å². The smallest absolute Gasteiger partial charge is 0.338 e. The van der Waals surface area contributed by atoms with Crippen LogP contribution in [-0.4, -0.2) is 100 Å². The van der Waals surface area contributed by atoms with E-state index in [0.717, 1.165) is 0 Å². The average Bonchev–Trinajstić information content (AvgIpc) is 3.61. The van der Waals surface area contributed by atoms with E-state index >= 15 is 0 Å². The molecular formula is C31H36FN7O5S. The number of aromatic nitrogens is 1. The monoisotopic (exact) mass is 637 g/mol. The molecule has 1 unspecified atom stereocenters. The van der Waals surface area contributed by atoms with Gasteiger partial charge in [0.15, 0.2) is 10.8 Å². The van der Waals surface area contributed by atoms with Gasteiger partial charge in [0.1, 0.15) is 11.9 Å². The van der Waals surface area contributed by atoms with Crippen LogP contribution in [0.2, 0.25) is 0 Å². The predicted molar refractivity (Wildman–Crippen MR) is 164 cm³/mol. The number of piperazine rings is 1. The average molecular weight is 638 g/mol. The van der Waals surface area contributed by atoms with Crippen LogP contribution in [0.4, 0.5) is 9.18 Å². The quantitative estimate of drug-likeness (QED) is 0.374. The SMILES string of the molecule is CCOC(=O)C1=C(CN2CCN3C(=O)N(CC(C)(C)C(=O)O)CC3(CC#N)C2)NC(c2nccs2)=N[C@H]1c1cccc(F)c1C. The van der Waals surface area contributed by atoms with Crippen LogP contribution in [0.3, 0.4) is 0 Å². The molecule has 45 heavy (non-hydrogen) atoms. The van der Waals surface area contributed by atoms with Gasteiger partial charge in [0.2, 0.25) is 0 Å². The van der Waals surface area contributed by atoms with Crippen molar-refractivity contribution in [2.75, 3.05) is 45.9 Å². The Morgan fingerprint density at radius 3 is 2.76 bits per heavy atom. The number of nitrogens with zero attached hydrogens (tertiary/aromatic N) is 6. The molecule has 0 bridgehead atoms. The number of aliphatic carboxylic acids is 1. The third-order valence-electron chi connectivity index (χ3n) is 8.53. The number of rotatable bonds is 10. The van der Waals surface area contributed by atoms with Gasteiger partial charge >= 0.3 is 18.0 Å². The molecular weight excluding hydrogens is 601 g/mol. The van der Waals surface area contributed by atoms with Crippen LogP contribution in [0.25, 0.3) is 0 Å². The van der Waals surface area contributed by atoms with Gasteiger partial charge in [-0.05, 0) is 44.9 Å². The first kappa shape index (κ1) is 32.1. The number of nitriles is 1. The van der Waals surface area contributed by atoms with Crippen molar-refractivity contribution in [3.05, 3.63) is 63.0 Å². The molecule has 1 aromatic carbocycles. The van der Waals surface area contributed by atoms with Crippen LogP contribution < -0.4 is 5.32 Å². The van der Waals surface area contributed by atoms with Crippen LogP contribution >= 0.6 is 11.3 Å². The molecule has 3 aliphatic heterocycles. The van der Waals surface area contributed by atoms with Gasteiger partial charge in [0, 0.05) is 56.5 Å². The van der Waals surface area contributed by atoms with Gasteiger partial charge < -0.3 is 25.0 Å². The molecule has 3 aliphatic rings. The molecule has 2 atom stereocenters. The van der Waals surface area contributed by atoms with E-state index in [2.05, 4.69) is 21.3 Å². The molecule has 4 heterocycles. The molecule has 1 aromatic heterocycles. The first-order valence-corrected chi connectivity index (χ1v) is 15.6. The predicted octanol–water partition coefficient (Wildman–Crippen LogP) is 3.32. The van der Waals surface area contributed by atoms with Crippen molar-refractivity contribution in [3.63, 3.8) is 0 Å². The molecule has 2 saturated heterocycles. The molecule has 0 spiro atoms. The molecule has 0 saturated carbocycles. The molecule has 2 N–H and O–H groups in total. The van der Waals surface area contributed by atoms with E-state index in [4.69, 9.17) is 9.73 Å². The van der Waals surface area contributed by atoms with Gasteiger partial charge in [-0.15, -0.1) is 11.3 Å². The minimum absolute atomic E-state index is 0.00681. The highest BCUT2D eigenvalue weighted by atomic mass is 32.1. The summed E-state index contributed by atoms with van der Waals surface area (Å²) < 4.78 is 20.3. The number of esters is 1. The Morgan fingerprint density at radius 1 is 1.31 bits per heavy atom. The number of halogens is 1. The van der Waals surface area contributed by atoms with Gasteiger partial charge in [-0.1, -0.05) is 12.1 Å². The van der Waals surface area contributed by atoms with E-state index in [-0.39, 0.29) is 44.3 Å². The molecule has 2 amide bonds. The van der Waals surface area contributed by atoms with Gasteiger partial charge in [0.05, 0.1) is 35.6 Å². The van der Waals surface area contributed by atoms with Gasteiger partial charge in [0.25, 0.3) is 0 Å². The number of carboxylic acid groups (broad SMARTS) is 1. The summed E-state index contributed by atoms with van der Waals surface area (Å²) in [6, 6.07) is 5.76. The van der Waals surface area contributed by atoms with Crippen molar-refractivity contribution in [2.24, 2.45) is 10.4 Å². The lowest BCUT2D eigenvalue weighted by atomic mass is 9.89. The number of amidine groups is 1. The van der Waals surface area contributed by atoms with E-state index in [0.29, 0.717) is 47.3 Å². The second kappa shape index (κ2) is 12.6. The van der Waals surface area contributed by atoms with Crippen molar-refractivity contribution in [2.45, 2.75) is 45.7 Å². The number of amides is 2. The highest BCUT2D eigenvalue weighted by Gasteiger charge is 2.53. The number of urea groups is 1. The molecule has 2 aromatic rings. The molecule has 0 radical (unpaired) electrons. The maximum atomic E-state index is 14.8. The number of fused-ring (bicyclic) bond motifs is 1. The third kappa shape index (κ3) is 6.14. The number of ether oxygens (including phenoxy) is 1. The Balaban J connectivity index is 1.52. The molecule has 0 aliphatic carbocycles. The summed E-state index contributed by atoms with van der Waals surface area (Å²) in [6.45, 7) is 8.10. The minimum Gasteiger partial charge on any atom is -0.481 e. The van der Waals surface area contributed by atoms with Crippen molar-refractivity contribution in [3.8, 4) is 6.07 Å². The standard InChI is InChI=1S/C31H36FN7O5S/c1-5-44-27(40)23-22(35-25(26-34-11-14-45-26)36-24(23)20-7-6-8-21(32)19(20)2)15-37-12-13-39-29(43)38(16-30(3,4)28(41)42)18-31(39,17-37)9-10-33/h6-8,11,14,24H,5,9,12-13,15-18H2,1-4H3,(H,35,36)(H,41,42)/t24-,31?/m0/s1. The van der Waals surface area contributed by atoms with Gasteiger partial charge in [-0.3, -0.25) is 14.7 Å². The summed E-state index contributed by atoms with van der Waals surface area (Å²) >= 11 is 1.37. The molecule has 5 rings (SSSR count). The number of carboxylic acids is 1. The van der Waals surface area contributed by atoms with Gasteiger partial charge in [-0.25, -0.2) is 19.0 Å². The van der Waals surface area contributed by atoms with E-state index < -0.39 is 34.8 Å².